The summed E-state index contributed by atoms with van der Waals surface area (Å²) in [4.78, 5) is 4.82. The molecule has 2 aromatic rings. The third kappa shape index (κ3) is 1.36. The molecule has 0 spiro atoms. The van der Waals surface area contributed by atoms with Crippen LogP contribution in [0.25, 0.3) is 10.4 Å². The zero-order chi connectivity index (χ0) is 9.26. The summed E-state index contributed by atoms with van der Waals surface area (Å²) in [6.45, 7) is 0. The lowest BCUT2D eigenvalue weighted by Gasteiger charge is -2.04. The van der Waals surface area contributed by atoms with Gasteiger partial charge in [-0.05, 0) is 12.1 Å². The highest BCUT2D eigenvalue weighted by Crippen LogP contribution is 2.35. The molecule has 13 heavy (non-hydrogen) atoms. The topological polar surface area (TPSA) is 59.1 Å². The quantitative estimate of drug-likeness (QED) is 0.680. The highest BCUT2D eigenvalue weighted by molar-refractivity contribution is 7.13. The molecule has 1 aromatic heterocycles. The number of hydrogen-bond acceptors (Lipinski definition) is 4. The van der Waals surface area contributed by atoms with Gasteiger partial charge in [-0.3, -0.25) is 4.98 Å². The number of hydrogen-bond donors (Lipinski definition) is 2. The van der Waals surface area contributed by atoms with Gasteiger partial charge in [0.2, 0.25) is 0 Å². The van der Waals surface area contributed by atoms with E-state index in [1.807, 2.05) is 0 Å². The molecular formula is C9H8N2OS. The molecule has 0 radical (unpaired) electrons. The number of phenolic OH excluding ortho intramolecular Hbond substituents is 1. The standard InChI is InChI=1S/C9H8N2OS/c10-6-2-1-3-7(12)9(6)8-4-11-5-13-8/h1-5,12H,10H2. The van der Waals surface area contributed by atoms with Crippen molar-refractivity contribution in [3.8, 4) is 16.2 Å². The molecule has 0 bridgehead atoms. The van der Waals surface area contributed by atoms with Crippen LogP contribution in [0.15, 0.2) is 29.9 Å². The van der Waals surface area contributed by atoms with Crippen molar-refractivity contribution in [3.05, 3.63) is 29.9 Å². The molecule has 3 nitrogen and oxygen atoms in total. The number of nitrogen functional groups attached to an aromatic ring is 1. The molecule has 0 amide bonds. The lowest BCUT2D eigenvalue weighted by molar-refractivity contribution is 0.478. The van der Waals surface area contributed by atoms with E-state index in [4.69, 9.17) is 5.73 Å². The minimum absolute atomic E-state index is 0.198. The van der Waals surface area contributed by atoms with Gasteiger partial charge in [-0.2, -0.15) is 0 Å². The number of thiazole rings is 1. The highest BCUT2D eigenvalue weighted by Gasteiger charge is 2.08. The maximum Gasteiger partial charge on any atom is 0.126 e. The molecule has 0 fully saturated rings. The number of phenols is 1. The fraction of sp³-hybridized carbons (Fsp3) is 0. The van der Waals surface area contributed by atoms with Crippen LogP contribution in [0.1, 0.15) is 0 Å². The van der Waals surface area contributed by atoms with E-state index in [0.29, 0.717) is 11.3 Å². The van der Waals surface area contributed by atoms with Crippen molar-refractivity contribution in [2.24, 2.45) is 0 Å². The summed E-state index contributed by atoms with van der Waals surface area (Å²) in [5.41, 5.74) is 8.69. The first kappa shape index (κ1) is 8.07. The summed E-state index contributed by atoms with van der Waals surface area (Å²) < 4.78 is 0. The van der Waals surface area contributed by atoms with E-state index in [1.165, 1.54) is 11.3 Å². The SMILES string of the molecule is Nc1cccc(O)c1-c1cncs1. The van der Waals surface area contributed by atoms with Crippen LogP contribution in [0.3, 0.4) is 0 Å². The number of anilines is 1. The number of nitrogens with zero attached hydrogens (tertiary/aromatic N) is 1. The average Bonchev–Trinajstić information content (AvgIpc) is 2.57. The summed E-state index contributed by atoms with van der Waals surface area (Å²) in [6.07, 6.45) is 1.69. The lowest BCUT2D eigenvalue weighted by Crippen LogP contribution is -1.88. The van der Waals surface area contributed by atoms with Crippen molar-refractivity contribution in [2.45, 2.75) is 0 Å². The van der Waals surface area contributed by atoms with E-state index >= 15 is 0 Å². The van der Waals surface area contributed by atoms with Gasteiger partial charge >= 0.3 is 0 Å². The fourth-order valence-electron chi connectivity index (χ4n) is 1.17. The Hall–Kier alpha value is -1.55. The van der Waals surface area contributed by atoms with Crippen LogP contribution in [0.4, 0.5) is 5.69 Å². The maximum absolute atomic E-state index is 9.56. The van der Waals surface area contributed by atoms with E-state index in [-0.39, 0.29) is 5.75 Å². The van der Waals surface area contributed by atoms with Crippen molar-refractivity contribution >= 4 is 17.0 Å². The summed E-state index contributed by atoms with van der Waals surface area (Å²) in [5.74, 6) is 0.198. The molecule has 1 heterocycles. The molecule has 0 unspecified atom stereocenters. The molecule has 1 aromatic carbocycles. The van der Waals surface area contributed by atoms with E-state index in [0.717, 1.165) is 4.88 Å². The van der Waals surface area contributed by atoms with Crippen molar-refractivity contribution in [1.29, 1.82) is 0 Å². The minimum atomic E-state index is 0.198. The molecule has 0 aliphatic heterocycles. The van der Waals surface area contributed by atoms with E-state index in [9.17, 15) is 5.11 Å². The smallest absolute Gasteiger partial charge is 0.126 e. The van der Waals surface area contributed by atoms with Crippen LogP contribution in [-0.4, -0.2) is 10.1 Å². The maximum atomic E-state index is 9.56. The first-order chi connectivity index (χ1) is 6.29. The second-order valence-corrected chi connectivity index (χ2v) is 3.49. The Labute approximate surface area is 79.5 Å². The molecule has 0 saturated carbocycles. The fourth-order valence-corrected chi connectivity index (χ4v) is 1.86. The second-order valence-electron chi connectivity index (χ2n) is 2.61. The van der Waals surface area contributed by atoms with Crippen molar-refractivity contribution in [1.82, 2.24) is 4.98 Å². The van der Waals surface area contributed by atoms with Crippen molar-refractivity contribution in [3.63, 3.8) is 0 Å². The van der Waals surface area contributed by atoms with Gasteiger partial charge < -0.3 is 10.8 Å². The van der Waals surface area contributed by atoms with Crippen LogP contribution in [0.2, 0.25) is 0 Å². The third-order valence-electron chi connectivity index (χ3n) is 1.75. The van der Waals surface area contributed by atoms with Crippen molar-refractivity contribution in [2.75, 3.05) is 5.73 Å². The Morgan fingerprint density at radius 1 is 1.38 bits per heavy atom. The molecule has 2 rings (SSSR count). The highest BCUT2D eigenvalue weighted by atomic mass is 32.1. The molecule has 4 heteroatoms. The molecular weight excluding hydrogens is 184 g/mol. The van der Waals surface area contributed by atoms with E-state index < -0.39 is 0 Å². The summed E-state index contributed by atoms with van der Waals surface area (Å²) >= 11 is 1.45. The number of aromatic hydroxyl groups is 1. The predicted octanol–water partition coefficient (Wildman–Crippen LogP) is 2.10. The Balaban J connectivity index is 2.64. The predicted molar refractivity (Wildman–Crippen MR) is 53.6 cm³/mol. The van der Waals surface area contributed by atoms with Gasteiger partial charge in [-0.15, -0.1) is 11.3 Å². The first-order valence-corrected chi connectivity index (χ1v) is 4.63. The molecule has 0 atom stereocenters. The van der Waals surface area contributed by atoms with Gasteiger partial charge in [0.05, 0.1) is 16.0 Å². The molecule has 0 saturated heterocycles. The zero-order valence-corrected chi connectivity index (χ0v) is 7.58. The van der Waals surface area contributed by atoms with Crippen LogP contribution in [-0.2, 0) is 0 Å². The number of rotatable bonds is 1. The number of nitrogens with two attached hydrogens (primary N) is 1. The van der Waals surface area contributed by atoms with Gasteiger partial charge in [-0.25, -0.2) is 0 Å². The molecule has 0 aliphatic carbocycles. The lowest BCUT2D eigenvalue weighted by atomic mass is 10.1. The molecule has 0 aliphatic rings. The monoisotopic (exact) mass is 192 g/mol. The van der Waals surface area contributed by atoms with Gasteiger partial charge in [-0.1, -0.05) is 6.07 Å². The average molecular weight is 192 g/mol. The Morgan fingerprint density at radius 2 is 2.23 bits per heavy atom. The minimum Gasteiger partial charge on any atom is -0.507 e. The second kappa shape index (κ2) is 3.06. The Bertz CT molecular complexity index is 391. The van der Waals surface area contributed by atoms with E-state index in [2.05, 4.69) is 4.98 Å². The largest absolute Gasteiger partial charge is 0.507 e. The molecule has 3 N–H and O–H groups in total. The van der Waals surface area contributed by atoms with Gasteiger partial charge in [0.15, 0.2) is 0 Å². The third-order valence-corrected chi connectivity index (χ3v) is 2.54. The Morgan fingerprint density at radius 3 is 2.85 bits per heavy atom. The number of aromatic nitrogens is 1. The summed E-state index contributed by atoms with van der Waals surface area (Å²) in [5, 5.41) is 9.56. The van der Waals surface area contributed by atoms with Gasteiger partial charge in [0, 0.05) is 11.9 Å². The Kier molecular flexibility index (Phi) is 1.90. The van der Waals surface area contributed by atoms with Crippen molar-refractivity contribution < 1.29 is 5.11 Å². The summed E-state index contributed by atoms with van der Waals surface area (Å²) in [7, 11) is 0. The zero-order valence-electron chi connectivity index (χ0n) is 6.77. The van der Waals surface area contributed by atoms with Crippen LogP contribution in [0, 0.1) is 0 Å². The normalized spacial score (nSPS) is 10.2. The van der Waals surface area contributed by atoms with Crippen LogP contribution in [0.5, 0.6) is 5.75 Å². The van der Waals surface area contributed by atoms with E-state index in [1.54, 1.807) is 29.9 Å². The molecule has 66 valence electrons. The number of benzene rings is 1. The first-order valence-electron chi connectivity index (χ1n) is 3.75. The van der Waals surface area contributed by atoms with Gasteiger partial charge in [0.25, 0.3) is 0 Å². The van der Waals surface area contributed by atoms with Gasteiger partial charge in [0.1, 0.15) is 5.75 Å². The van der Waals surface area contributed by atoms with Crippen LogP contribution < -0.4 is 5.73 Å². The summed E-state index contributed by atoms with van der Waals surface area (Å²) in [6, 6.07) is 5.09. The van der Waals surface area contributed by atoms with Crippen LogP contribution >= 0.6 is 11.3 Å².